The van der Waals surface area contributed by atoms with Crippen LogP contribution in [-0.2, 0) is 16.7 Å². The maximum Gasteiger partial charge on any atom is 0.191 e. The van der Waals surface area contributed by atoms with Gasteiger partial charge in [0.05, 0.1) is 12.2 Å². The van der Waals surface area contributed by atoms with Crippen LogP contribution in [0.25, 0.3) is 0 Å². The van der Waals surface area contributed by atoms with Gasteiger partial charge in [-0.3, -0.25) is 4.99 Å². The fourth-order valence-electron chi connectivity index (χ4n) is 3.38. The van der Waals surface area contributed by atoms with E-state index in [-0.39, 0.29) is 11.2 Å². The van der Waals surface area contributed by atoms with Gasteiger partial charge in [-0.05, 0) is 44.4 Å². The highest BCUT2D eigenvalue weighted by atomic mass is 32.1. The molecule has 2 aromatic rings. The number of rotatable bonds is 5. The fraction of sp³-hybridized carbons (Fsp3) is 0.500. The first kappa shape index (κ1) is 19.8. The second-order valence-electron chi connectivity index (χ2n) is 6.93. The molecule has 0 bridgehead atoms. The molecule has 3 rings (SSSR count). The number of aromatic nitrogens is 1. The van der Waals surface area contributed by atoms with E-state index >= 15 is 0 Å². The molecule has 1 saturated heterocycles. The summed E-state index contributed by atoms with van der Waals surface area (Å²) in [6.45, 7) is 6.90. The lowest BCUT2D eigenvalue weighted by Crippen LogP contribution is -2.47. The Kier molecular flexibility index (Phi) is 6.44. The van der Waals surface area contributed by atoms with Crippen LogP contribution in [-0.4, -0.2) is 37.7 Å². The molecule has 2 heterocycles. The minimum absolute atomic E-state index is 0.0854. The summed E-state index contributed by atoms with van der Waals surface area (Å²) in [5, 5.41) is 7.84. The number of hydrogen-bond acceptors (Lipinski definition) is 4. The third-order valence-corrected chi connectivity index (χ3v) is 6.28. The molecule has 2 N–H and O–H groups in total. The highest BCUT2D eigenvalue weighted by molar-refractivity contribution is 7.11. The van der Waals surface area contributed by atoms with Crippen LogP contribution in [0.15, 0.2) is 29.3 Å². The number of aliphatic imine (C=N–C) groups is 1. The van der Waals surface area contributed by atoms with Crippen LogP contribution in [0.4, 0.5) is 4.39 Å². The Morgan fingerprint density at radius 3 is 2.52 bits per heavy atom. The lowest BCUT2D eigenvalue weighted by Gasteiger charge is -2.38. The number of nitrogens with one attached hydrogen (secondary N) is 2. The molecule has 1 fully saturated rings. The molecule has 0 aliphatic carbocycles. The van der Waals surface area contributed by atoms with Gasteiger partial charge in [0.1, 0.15) is 10.8 Å². The number of ether oxygens (including phenoxy) is 1. The molecule has 0 radical (unpaired) electrons. The van der Waals surface area contributed by atoms with Crippen molar-refractivity contribution in [2.75, 3.05) is 26.8 Å². The summed E-state index contributed by atoms with van der Waals surface area (Å²) in [5.41, 5.74) is 2.14. The molecule has 0 atom stereocenters. The molecule has 0 saturated carbocycles. The van der Waals surface area contributed by atoms with Gasteiger partial charge in [-0.15, -0.1) is 11.3 Å². The van der Waals surface area contributed by atoms with Crippen molar-refractivity contribution < 1.29 is 9.13 Å². The molecule has 5 nitrogen and oxygen atoms in total. The molecule has 146 valence electrons. The van der Waals surface area contributed by atoms with E-state index in [0.717, 1.165) is 41.6 Å². The normalized spacial score (nSPS) is 17.0. The number of thiazole rings is 1. The standard InChI is InChI=1S/C20H27FN4OS/c1-14-15(2)27-18(25-14)12-23-19(22-3)24-13-20(8-10-26-11-9-20)16-4-6-17(21)7-5-16/h4-7H,8-13H2,1-3H3,(H2,22,23,24). The largest absolute Gasteiger partial charge is 0.381 e. The zero-order valence-electron chi connectivity index (χ0n) is 16.1. The van der Waals surface area contributed by atoms with Crippen molar-refractivity contribution in [2.24, 2.45) is 4.99 Å². The Morgan fingerprint density at radius 1 is 1.22 bits per heavy atom. The van der Waals surface area contributed by atoms with Crippen LogP contribution in [0.3, 0.4) is 0 Å². The van der Waals surface area contributed by atoms with Gasteiger partial charge in [0, 0.05) is 37.1 Å². The van der Waals surface area contributed by atoms with Gasteiger partial charge in [0.2, 0.25) is 0 Å². The topological polar surface area (TPSA) is 58.5 Å². The van der Waals surface area contributed by atoms with E-state index < -0.39 is 0 Å². The summed E-state index contributed by atoms with van der Waals surface area (Å²) in [6.07, 6.45) is 1.79. The lowest BCUT2D eigenvalue weighted by molar-refractivity contribution is 0.0513. The van der Waals surface area contributed by atoms with Crippen molar-refractivity contribution in [3.8, 4) is 0 Å². The second kappa shape index (κ2) is 8.80. The predicted octanol–water partition coefficient (Wildman–Crippen LogP) is 3.31. The van der Waals surface area contributed by atoms with Gasteiger partial charge in [0.25, 0.3) is 0 Å². The van der Waals surface area contributed by atoms with E-state index in [9.17, 15) is 4.39 Å². The van der Waals surface area contributed by atoms with Gasteiger partial charge < -0.3 is 15.4 Å². The van der Waals surface area contributed by atoms with Crippen molar-refractivity contribution in [1.29, 1.82) is 0 Å². The number of benzene rings is 1. The SMILES string of the molecule is CN=C(NCc1nc(C)c(C)s1)NCC1(c2ccc(F)cc2)CCOCC1. The first-order valence-electron chi connectivity index (χ1n) is 9.24. The molecule has 27 heavy (non-hydrogen) atoms. The molecular weight excluding hydrogens is 363 g/mol. The van der Waals surface area contributed by atoms with Crippen LogP contribution >= 0.6 is 11.3 Å². The Labute approximate surface area is 164 Å². The quantitative estimate of drug-likeness (QED) is 0.607. The average molecular weight is 391 g/mol. The van der Waals surface area contributed by atoms with E-state index in [2.05, 4.69) is 27.5 Å². The van der Waals surface area contributed by atoms with E-state index in [0.29, 0.717) is 19.8 Å². The Balaban J connectivity index is 1.65. The smallest absolute Gasteiger partial charge is 0.191 e. The maximum atomic E-state index is 13.4. The third-order valence-electron chi connectivity index (χ3n) is 5.20. The van der Waals surface area contributed by atoms with Gasteiger partial charge in [-0.25, -0.2) is 9.37 Å². The lowest BCUT2D eigenvalue weighted by atomic mass is 9.74. The number of aryl methyl sites for hydroxylation is 2. The molecule has 0 amide bonds. The minimum Gasteiger partial charge on any atom is -0.381 e. The predicted molar refractivity (Wildman–Crippen MR) is 108 cm³/mol. The van der Waals surface area contributed by atoms with Gasteiger partial charge in [-0.1, -0.05) is 12.1 Å². The van der Waals surface area contributed by atoms with Crippen LogP contribution in [0.2, 0.25) is 0 Å². The summed E-state index contributed by atoms with van der Waals surface area (Å²) in [4.78, 5) is 10.1. The molecule has 1 aromatic heterocycles. The van der Waals surface area contributed by atoms with Gasteiger partial charge >= 0.3 is 0 Å². The van der Waals surface area contributed by atoms with E-state index in [1.807, 2.05) is 19.1 Å². The summed E-state index contributed by atoms with van der Waals surface area (Å²) >= 11 is 1.70. The van der Waals surface area contributed by atoms with Crippen LogP contribution in [0, 0.1) is 19.7 Å². The molecule has 0 spiro atoms. The molecule has 7 heteroatoms. The number of hydrogen-bond donors (Lipinski definition) is 2. The van der Waals surface area contributed by atoms with Crippen LogP contribution in [0.1, 0.15) is 34.0 Å². The summed E-state index contributed by atoms with van der Waals surface area (Å²) in [7, 11) is 1.77. The number of guanidine groups is 1. The van der Waals surface area contributed by atoms with Crippen LogP contribution in [0.5, 0.6) is 0 Å². The highest BCUT2D eigenvalue weighted by Gasteiger charge is 2.34. The summed E-state index contributed by atoms with van der Waals surface area (Å²) < 4.78 is 18.9. The Bertz CT molecular complexity index is 762. The molecule has 1 aliphatic heterocycles. The number of nitrogens with zero attached hydrogens (tertiary/aromatic N) is 2. The van der Waals surface area contributed by atoms with Gasteiger partial charge in [0.15, 0.2) is 5.96 Å². The van der Waals surface area contributed by atoms with Crippen molar-refractivity contribution in [3.05, 3.63) is 51.2 Å². The molecular formula is C20H27FN4OS. The van der Waals surface area contributed by atoms with Crippen molar-refractivity contribution in [2.45, 2.75) is 38.6 Å². The second-order valence-corrected chi connectivity index (χ2v) is 8.22. The molecule has 1 aliphatic rings. The van der Waals surface area contributed by atoms with Crippen molar-refractivity contribution in [1.82, 2.24) is 15.6 Å². The van der Waals surface area contributed by atoms with Crippen molar-refractivity contribution >= 4 is 17.3 Å². The van der Waals surface area contributed by atoms with E-state index in [1.54, 1.807) is 18.4 Å². The van der Waals surface area contributed by atoms with Gasteiger partial charge in [-0.2, -0.15) is 0 Å². The van der Waals surface area contributed by atoms with Crippen molar-refractivity contribution in [3.63, 3.8) is 0 Å². The molecule has 0 unspecified atom stereocenters. The zero-order valence-corrected chi connectivity index (χ0v) is 17.0. The molecule has 1 aromatic carbocycles. The average Bonchev–Trinajstić information content (AvgIpc) is 3.01. The highest BCUT2D eigenvalue weighted by Crippen LogP contribution is 2.34. The Morgan fingerprint density at radius 2 is 1.93 bits per heavy atom. The van der Waals surface area contributed by atoms with Crippen LogP contribution < -0.4 is 10.6 Å². The fourth-order valence-corrected chi connectivity index (χ4v) is 4.25. The Hall–Kier alpha value is -1.99. The first-order chi connectivity index (χ1) is 13.0. The summed E-state index contributed by atoms with van der Waals surface area (Å²) in [6, 6.07) is 6.85. The maximum absolute atomic E-state index is 13.4. The number of halogens is 1. The minimum atomic E-state index is -0.208. The van der Waals surface area contributed by atoms with E-state index in [4.69, 9.17) is 4.74 Å². The third kappa shape index (κ3) is 4.84. The first-order valence-corrected chi connectivity index (χ1v) is 10.1. The summed E-state index contributed by atoms with van der Waals surface area (Å²) in [5.74, 6) is 0.536. The zero-order chi connectivity index (χ0) is 19.3. The van der Waals surface area contributed by atoms with E-state index in [1.165, 1.54) is 17.0 Å². The monoisotopic (exact) mass is 390 g/mol.